The van der Waals surface area contributed by atoms with E-state index >= 15 is 0 Å². The number of rotatable bonds is 9. The summed E-state index contributed by atoms with van der Waals surface area (Å²) < 4.78 is 30.5. The van der Waals surface area contributed by atoms with Crippen LogP contribution in [-0.4, -0.2) is 56.5 Å². The standard InChI is InChI=1S/C19H29N3O5S/c1-3-27-16-9-7-14(8-10-16)12-15(18(20)23)13-21-19(24)17-6-4-5-11-22(17)28(2,25)26/h7-10,15,17H,3-6,11-13H2,1-2H3,(H2,20,23)(H,21,24)/t15-,17-/m1/s1. The van der Waals surface area contributed by atoms with Crippen LogP contribution < -0.4 is 15.8 Å². The first-order valence-electron chi connectivity index (χ1n) is 9.48. The van der Waals surface area contributed by atoms with Gasteiger partial charge in [0.2, 0.25) is 21.8 Å². The Morgan fingerprint density at radius 2 is 1.96 bits per heavy atom. The van der Waals surface area contributed by atoms with Crippen LogP contribution in [0, 0.1) is 5.92 Å². The predicted octanol–water partition coefficient (Wildman–Crippen LogP) is 0.660. The number of sulfonamides is 1. The molecule has 9 heteroatoms. The molecule has 0 unspecified atom stereocenters. The second kappa shape index (κ2) is 9.88. The number of nitrogens with two attached hydrogens (primary N) is 1. The third-order valence-corrected chi connectivity index (χ3v) is 6.11. The van der Waals surface area contributed by atoms with Crippen molar-refractivity contribution in [2.24, 2.45) is 11.7 Å². The fourth-order valence-corrected chi connectivity index (χ4v) is 4.48. The van der Waals surface area contributed by atoms with Crippen LogP contribution in [0.4, 0.5) is 0 Å². The Morgan fingerprint density at radius 1 is 1.29 bits per heavy atom. The summed E-state index contributed by atoms with van der Waals surface area (Å²) in [6.45, 7) is 2.87. The summed E-state index contributed by atoms with van der Waals surface area (Å²) in [5.41, 5.74) is 6.40. The summed E-state index contributed by atoms with van der Waals surface area (Å²) in [5, 5.41) is 2.72. The van der Waals surface area contributed by atoms with Gasteiger partial charge in [0.25, 0.3) is 0 Å². The van der Waals surface area contributed by atoms with Crippen molar-refractivity contribution in [3.05, 3.63) is 29.8 Å². The lowest BCUT2D eigenvalue weighted by molar-refractivity contribution is -0.126. The lowest BCUT2D eigenvalue weighted by atomic mass is 9.98. The maximum Gasteiger partial charge on any atom is 0.238 e. The minimum Gasteiger partial charge on any atom is -0.494 e. The molecule has 0 saturated carbocycles. The number of carbonyl (C=O) groups is 2. The van der Waals surface area contributed by atoms with Gasteiger partial charge in [-0.3, -0.25) is 9.59 Å². The van der Waals surface area contributed by atoms with E-state index in [-0.39, 0.29) is 12.5 Å². The van der Waals surface area contributed by atoms with Crippen molar-refractivity contribution in [2.75, 3.05) is 26.0 Å². The lowest BCUT2D eigenvalue weighted by Crippen LogP contribution is -2.52. The topological polar surface area (TPSA) is 119 Å². The molecule has 0 radical (unpaired) electrons. The number of piperidine rings is 1. The van der Waals surface area contributed by atoms with Crippen molar-refractivity contribution in [1.29, 1.82) is 0 Å². The van der Waals surface area contributed by atoms with Crippen molar-refractivity contribution in [3.8, 4) is 5.75 Å². The van der Waals surface area contributed by atoms with Gasteiger partial charge in [0.05, 0.1) is 18.8 Å². The van der Waals surface area contributed by atoms with Crippen molar-refractivity contribution in [2.45, 2.75) is 38.6 Å². The molecule has 1 fully saturated rings. The van der Waals surface area contributed by atoms with E-state index in [1.165, 1.54) is 4.31 Å². The van der Waals surface area contributed by atoms with Crippen LogP contribution in [0.25, 0.3) is 0 Å². The highest BCUT2D eigenvalue weighted by molar-refractivity contribution is 7.88. The van der Waals surface area contributed by atoms with E-state index in [2.05, 4.69) is 5.32 Å². The number of nitrogens with one attached hydrogen (secondary N) is 1. The summed E-state index contributed by atoms with van der Waals surface area (Å²) >= 11 is 0. The molecule has 0 aromatic heterocycles. The SMILES string of the molecule is CCOc1ccc(C[C@H](CNC(=O)[C@H]2CCCCN2S(C)(=O)=O)C(N)=O)cc1. The maximum absolute atomic E-state index is 12.6. The molecular formula is C19H29N3O5S. The summed E-state index contributed by atoms with van der Waals surface area (Å²) in [6, 6.07) is 6.62. The molecular weight excluding hydrogens is 382 g/mol. The van der Waals surface area contributed by atoms with E-state index in [4.69, 9.17) is 10.5 Å². The number of primary amides is 1. The number of hydrogen-bond donors (Lipinski definition) is 2. The Labute approximate surface area is 166 Å². The quantitative estimate of drug-likeness (QED) is 0.619. The molecule has 2 amide bonds. The van der Waals surface area contributed by atoms with Gasteiger partial charge in [-0.25, -0.2) is 8.42 Å². The van der Waals surface area contributed by atoms with Crippen LogP contribution in [-0.2, 0) is 26.0 Å². The molecule has 1 saturated heterocycles. The molecule has 0 aliphatic carbocycles. The molecule has 0 bridgehead atoms. The number of ether oxygens (including phenoxy) is 1. The Hall–Kier alpha value is -2.13. The molecule has 1 aromatic carbocycles. The molecule has 2 atom stereocenters. The van der Waals surface area contributed by atoms with Gasteiger partial charge in [-0.2, -0.15) is 4.31 Å². The zero-order chi connectivity index (χ0) is 20.7. The average molecular weight is 412 g/mol. The highest BCUT2D eigenvalue weighted by Crippen LogP contribution is 2.20. The van der Waals surface area contributed by atoms with Crippen LogP contribution in [0.1, 0.15) is 31.7 Å². The summed E-state index contributed by atoms with van der Waals surface area (Å²) in [7, 11) is -3.46. The van der Waals surface area contributed by atoms with E-state index < -0.39 is 27.9 Å². The number of hydrogen-bond acceptors (Lipinski definition) is 5. The average Bonchev–Trinajstić information content (AvgIpc) is 2.65. The zero-order valence-corrected chi connectivity index (χ0v) is 17.2. The Morgan fingerprint density at radius 3 is 2.54 bits per heavy atom. The number of nitrogens with zero attached hydrogens (tertiary/aromatic N) is 1. The van der Waals surface area contributed by atoms with Crippen LogP contribution >= 0.6 is 0 Å². The van der Waals surface area contributed by atoms with Gasteiger partial charge in [-0.15, -0.1) is 0 Å². The van der Waals surface area contributed by atoms with Crippen LogP contribution in [0.15, 0.2) is 24.3 Å². The van der Waals surface area contributed by atoms with Crippen molar-refractivity contribution in [1.82, 2.24) is 9.62 Å². The van der Waals surface area contributed by atoms with Gasteiger partial charge in [0, 0.05) is 13.1 Å². The van der Waals surface area contributed by atoms with E-state index in [0.717, 1.165) is 30.4 Å². The smallest absolute Gasteiger partial charge is 0.238 e. The molecule has 3 N–H and O–H groups in total. The normalized spacial score (nSPS) is 19.0. The Balaban J connectivity index is 1.98. The van der Waals surface area contributed by atoms with Crippen molar-refractivity contribution < 1.29 is 22.7 Å². The fourth-order valence-electron chi connectivity index (χ4n) is 3.35. The van der Waals surface area contributed by atoms with Crippen LogP contribution in [0.5, 0.6) is 5.75 Å². The predicted molar refractivity (Wildman–Crippen MR) is 106 cm³/mol. The highest BCUT2D eigenvalue weighted by atomic mass is 32.2. The zero-order valence-electron chi connectivity index (χ0n) is 16.4. The maximum atomic E-state index is 12.6. The molecule has 0 spiro atoms. The molecule has 2 rings (SSSR count). The number of carbonyl (C=O) groups excluding carboxylic acids is 2. The second-order valence-corrected chi connectivity index (χ2v) is 8.95. The minimum absolute atomic E-state index is 0.0650. The second-order valence-electron chi connectivity index (χ2n) is 7.01. The van der Waals surface area contributed by atoms with Crippen LogP contribution in [0.2, 0.25) is 0 Å². The minimum atomic E-state index is -3.46. The van der Waals surface area contributed by atoms with E-state index in [1.807, 2.05) is 31.2 Å². The van der Waals surface area contributed by atoms with Gasteiger partial charge in [-0.05, 0) is 43.9 Å². The third kappa shape index (κ3) is 6.20. The monoisotopic (exact) mass is 411 g/mol. The van der Waals surface area contributed by atoms with E-state index in [9.17, 15) is 18.0 Å². The van der Waals surface area contributed by atoms with Gasteiger partial charge in [0.15, 0.2) is 0 Å². The van der Waals surface area contributed by atoms with Crippen molar-refractivity contribution >= 4 is 21.8 Å². The molecule has 1 aromatic rings. The molecule has 28 heavy (non-hydrogen) atoms. The highest BCUT2D eigenvalue weighted by Gasteiger charge is 2.34. The summed E-state index contributed by atoms with van der Waals surface area (Å²) in [4.78, 5) is 24.4. The van der Waals surface area contributed by atoms with Gasteiger partial charge < -0.3 is 15.8 Å². The molecule has 1 aliphatic rings. The first kappa shape index (κ1) is 22.2. The first-order valence-corrected chi connectivity index (χ1v) is 11.3. The van der Waals surface area contributed by atoms with E-state index in [1.54, 1.807) is 0 Å². The first-order chi connectivity index (χ1) is 13.2. The molecule has 8 nitrogen and oxygen atoms in total. The number of amides is 2. The van der Waals surface area contributed by atoms with Gasteiger partial charge >= 0.3 is 0 Å². The summed E-state index contributed by atoms with van der Waals surface area (Å²) in [5.74, 6) is -0.744. The summed E-state index contributed by atoms with van der Waals surface area (Å²) in [6.07, 6.45) is 3.48. The van der Waals surface area contributed by atoms with Crippen molar-refractivity contribution in [3.63, 3.8) is 0 Å². The van der Waals surface area contributed by atoms with Crippen LogP contribution in [0.3, 0.4) is 0 Å². The Kier molecular flexibility index (Phi) is 7.82. The largest absolute Gasteiger partial charge is 0.494 e. The molecule has 1 heterocycles. The fraction of sp³-hybridized carbons (Fsp3) is 0.579. The molecule has 156 valence electrons. The van der Waals surface area contributed by atoms with Gasteiger partial charge in [0.1, 0.15) is 11.8 Å². The van der Waals surface area contributed by atoms with E-state index in [0.29, 0.717) is 26.0 Å². The number of benzene rings is 1. The Bertz CT molecular complexity index is 779. The third-order valence-electron chi connectivity index (χ3n) is 4.82. The lowest BCUT2D eigenvalue weighted by Gasteiger charge is -2.32. The van der Waals surface area contributed by atoms with Gasteiger partial charge in [-0.1, -0.05) is 18.6 Å². The molecule has 1 aliphatic heterocycles.